The molecule has 1 aliphatic rings. The molecule has 2 atom stereocenters. The second-order valence-electron chi connectivity index (χ2n) is 11.9. The van der Waals surface area contributed by atoms with Crippen molar-refractivity contribution in [1.29, 1.82) is 0 Å². The zero-order chi connectivity index (χ0) is 26.9. The Hall–Kier alpha value is -3.21. The number of hydrogen-bond donors (Lipinski definition) is 0. The minimum absolute atomic E-state index is 0.0417. The van der Waals surface area contributed by atoms with Crippen molar-refractivity contribution in [3.05, 3.63) is 76.6 Å². The number of hydrogen-bond acceptors (Lipinski definition) is 4. The molecule has 196 valence electrons. The van der Waals surface area contributed by atoms with Gasteiger partial charge >= 0.3 is 0 Å². The quantitative estimate of drug-likeness (QED) is 0.363. The van der Waals surface area contributed by atoms with Crippen molar-refractivity contribution < 1.29 is 9.53 Å². The molecule has 4 rings (SSSR count). The van der Waals surface area contributed by atoms with E-state index < -0.39 is 0 Å². The third-order valence-electron chi connectivity index (χ3n) is 7.24. The lowest BCUT2D eigenvalue weighted by atomic mass is 9.77. The van der Waals surface area contributed by atoms with Crippen LogP contribution in [0.25, 0.3) is 11.3 Å². The summed E-state index contributed by atoms with van der Waals surface area (Å²) in [7, 11) is 0. The second-order valence-corrected chi connectivity index (χ2v) is 11.9. The van der Waals surface area contributed by atoms with Crippen LogP contribution in [0.3, 0.4) is 0 Å². The largest absolute Gasteiger partial charge is 0.472 e. The highest BCUT2D eigenvalue weighted by Crippen LogP contribution is 2.38. The van der Waals surface area contributed by atoms with E-state index in [0.717, 1.165) is 35.2 Å². The third-order valence-corrected chi connectivity index (χ3v) is 7.24. The first kappa shape index (κ1) is 26.8. The maximum Gasteiger partial charge on any atom is 0.254 e. The molecular weight excluding hydrogens is 458 g/mol. The molecule has 0 aliphatic carbocycles. The first-order valence-corrected chi connectivity index (χ1v) is 13.4. The molecule has 1 fully saturated rings. The molecule has 0 bridgehead atoms. The average molecular weight is 500 g/mol. The Labute approximate surface area is 222 Å². The van der Waals surface area contributed by atoms with Gasteiger partial charge in [-0.05, 0) is 75.1 Å². The van der Waals surface area contributed by atoms with Gasteiger partial charge in [0.15, 0.2) is 0 Å². The Balaban J connectivity index is 1.71. The Kier molecular flexibility index (Phi) is 7.72. The van der Waals surface area contributed by atoms with Gasteiger partial charge in [-0.1, -0.05) is 63.6 Å². The number of piperidine rings is 1. The topological polar surface area (TPSA) is 55.3 Å². The normalized spacial score (nSPS) is 19.2. The summed E-state index contributed by atoms with van der Waals surface area (Å²) in [4.78, 5) is 25.3. The van der Waals surface area contributed by atoms with E-state index in [9.17, 15) is 4.79 Å². The van der Waals surface area contributed by atoms with Crippen LogP contribution in [0.1, 0.15) is 73.4 Å². The fraction of sp³-hybridized carbons (Fsp3) is 0.469. The van der Waals surface area contributed by atoms with E-state index in [-0.39, 0.29) is 23.5 Å². The van der Waals surface area contributed by atoms with Gasteiger partial charge in [0.2, 0.25) is 5.88 Å². The van der Waals surface area contributed by atoms with Gasteiger partial charge in [0.1, 0.15) is 11.9 Å². The molecule has 0 N–H and O–H groups in total. The molecule has 1 amide bonds. The van der Waals surface area contributed by atoms with Crippen LogP contribution < -0.4 is 4.74 Å². The number of ether oxygens (including phenoxy) is 1. The highest BCUT2D eigenvalue weighted by Gasteiger charge is 2.44. The number of aromatic nitrogens is 2. The van der Waals surface area contributed by atoms with Gasteiger partial charge in [-0.25, -0.2) is 4.98 Å². The first-order chi connectivity index (χ1) is 17.4. The molecule has 2 aromatic carbocycles. The van der Waals surface area contributed by atoms with Gasteiger partial charge in [0.05, 0.1) is 11.7 Å². The predicted octanol–water partition coefficient (Wildman–Crippen LogP) is 7.11. The number of benzene rings is 2. The third kappa shape index (κ3) is 6.20. The zero-order valence-corrected chi connectivity index (χ0v) is 23.6. The van der Waals surface area contributed by atoms with Crippen LogP contribution in [0.5, 0.6) is 5.88 Å². The van der Waals surface area contributed by atoms with Crippen molar-refractivity contribution in [3.63, 3.8) is 0 Å². The van der Waals surface area contributed by atoms with Crippen molar-refractivity contribution in [2.24, 2.45) is 11.3 Å². The SMILES string of the molecule is Cc1cccc(C(=O)N2CC(C)(C)CC(Oc3cc(-c4c(C)cccc4C)nc(C)n3)C2CC(C)C)c1. The van der Waals surface area contributed by atoms with Crippen LogP contribution in [0.2, 0.25) is 0 Å². The molecule has 0 spiro atoms. The summed E-state index contributed by atoms with van der Waals surface area (Å²) in [6.45, 7) is 17.7. The summed E-state index contributed by atoms with van der Waals surface area (Å²) < 4.78 is 6.72. The number of likely N-dealkylation sites (tertiary alicyclic amines) is 1. The first-order valence-electron chi connectivity index (χ1n) is 13.4. The summed E-state index contributed by atoms with van der Waals surface area (Å²) in [6.07, 6.45) is 1.55. The summed E-state index contributed by atoms with van der Waals surface area (Å²) >= 11 is 0. The number of aryl methyl sites for hydroxylation is 4. The Bertz CT molecular complexity index is 1260. The number of carbonyl (C=O) groups is 1. The number of amides is 1. The van der Waals surface area contributed by atoms with E-state index in [1.165, 1.54) is 11.1 Å². The van der Waals surface area contributed by atoms with E-state index in [0.29, 0.717) is 24.2 Å². The van der Waals surface area contributed by atoms with Crippen molar-refractivity contribution in [3.8, 4) is 17.1 Å². The molecule has 1 aliphatic heterocycles. The molecule has 37 heavy (non-hydrogen) atoms. The fourth-order valence-electron chi connectivity index (χ4n) is 5.68. The van der Waals surface area contributed by atoms with E-state index >= 15 is 0 Å². The lowest BCUT2D eigenvalue weighted by Crippen LogP contribution is -2.58. The number of nitrogens with zero attached hydrogens (tertiary/aromatic N) is 3. The molecule has 1 saturated heterocycles. The van der Waals surface area contributed by atoms with Crippen LogP contribution in [-0.2, 0) is 0 Å². The van der Waals surface area contributed by atoms with E-state index in [4.69, 9.17) is 9.72 Å². The smallest absolute Gasteiger partial charge is 0.254 e. The molecule has 2 heterocycles. The van der Waals surface area contributed by atoms with Crippen molar-refractivity contribution in [1.82, 2.24) is 14.9 Å². The second kappa shape index (κ2) is 10.6. The number of rotatable bonds is 6. The summed E-state index contributed by atoms with van der Waals surface area (Å²) in [5, 5.41) is 0. The van der Waals surface area contributed by atoms with Gasteiger partial charge in [-0.15, -0.1) is 0 Å². The van der Waals surface area contributed by atoms with Gasteiger partial charge in [-0.2, -0.15) is 4.98 Å². The standard InChI is InChI=1S/C32H41N3O2/c1-20(2)15-27-28(18-32(7,8)19-35(27)31(36)25-14-9-11-21(3)16-25)37-29-17-26(33-24(6)34-29)30-22(4)12-10-13-23(30)5/h9-14,16-17,20,27-28H,15,18-19H2,1-8H3. The highest BCUT2D eigenvalue weighted by atomic mass is 16.5. The lowest BCUT2D eigenvalue weighted by Gasteiger charge is -2.48. The Morgan fingerprint density at radius 1 is 1.03 bits per heavy atom. The molecular formula is C32H41N3O2. The van der Waals surface area contributed by atoms with Gasteiger partial charge in [0.25, 0.3) is 5.91 Å². The van der Waals surface area contributed by atoms with Crippen LogP contribution in [0.4, 0.5) is 0 Å². The summed E-state index contributed by atoms with van der Waals surface area (Å²) in [6, 6.07) is 16.1. The van der Waals surface area contributed by atoms with Crippen molar-refractivity contribution >= 4 is 5.91 Å². The molecule has 2 unspecified atom stereocenters. The van der Waals surface area contributed by atoms with Crippen LogP contribution in [-0.4, -0.2) is 39.5 Å². The summed E-state index contributed by atoms with van der Waals surface area (Å²) in [5.74, 6) is 1.75. The van der Waals surface area contributed by atoms with E-state index in [1.807, 2.05) is 44.2 Å². The van der Waals surface area contributed by atoms with Gasteiger partial charge < -0.3 is 9.64 Å². The van der Waals surface area contributed by atoms with E-state index in [1.54, 1.807) is 0 Å². The molecule has 0 radical (unpaired) electrons. The fourth-order valence-corrected chi connectivity index (χ4v) is 5.68. The summed E-state index contributed by atoms with van der Waals surface area (Å²) in [5.41, 5.74) is 6.09. The average Bonchev–Trinajstić information content (AvgIpc) is 2.79. The minimum Gasteiger partial charge on any atom is -0.472 e. The maximum absolute atomic E-state index is 13.8. The number of carbonyl (C=O) groups excluding carboxylic acids is 1. The zero-order valence-electron chi connectivity index (χ0n) is 23.6. The molecule has 3 aromatic rings. The Morgan fingerprint density at radius 3 is 2.35 bits per heavy atom. The van der Waals surface area contributed by atoms with Crippen LogP contribution >= 0.6 is 0 Å². The Morgan fingerprint density at radius 2 is 1.70 bits per heavy atom. The van der Waals surface area contributed by atoms with Gasteiger partial charge in [0, 0.05) is 23.7 Å². The molecule has 5 heteroatoms. The van der Waals surface area contributed by atoms with Crippen molar-refractivity contribution in [2.75, 3.05) is 6.54 Å². The van der Waals surface area contributed by atoms with Gasteiger partial charge in [-0.3, -0.25) is 4.79 Å². The predicted molar refractivity (Wildman–Crippen MR) is 150 cm³/mol. The van der Waals surface area contributed by atoms with Crippen molar-refractivity contribution in [2.45, 2.75) is 80.4 Å². The highest BCUT2D eigenvalue weighted by molar-refractivity contribution is 5.94. The van der Waals surface area contributed by atoms with Crippen LogP contribution in [0, 0.1) is 39.0 Å². The van der Waals surface area contributed by atoms with E-state index in [2.05, 4.69) is 69.6 Å². The molecule has 0 saturated carbocycles. The monoisotopic (exact) mass is 499 g/mol. The maximum atomic E-state index is 13.8. The minimum atomic E-state index is -0.167. The molecule has 1 aromatic heterocycles. The lowest BCUT2D eigenvalue weighted by molar-refractivity contribution is -0.0279. The van der Waals surface area contributed by atoms with Crippen LogP contribution in [0.15, 0.2) is 48.5 Å². The molecule has 5 nitrogen and oxygen atoms in total.